The van der Waals surface area contributed by atoms with Gasteiger partial charge in [0.05, 0.1) is 16.8 Å². The molecule has 2 aliphatic carbocycles. The average Bonchev–Trinajstić information content (AvgIpc) is 3.15. The minimum absolute atomic E-state index is 0.314. The summed E-state index contributed by atoms with van der Waals surface area (Å²) in [7, 11) is 0. The topological polar surface area (TPSA) is 25.8 Å². The number of hydrogen-bond donors (Lipinski definition) is 0. The predicted molar refractivity (Wildman–Crippen MR) is 103 cm³/mol. The van der Waals surface area contributed by atoms with E-state index in [0.29, 0.717) is 0 Å². The van der Waals surface area contributed by atoms with Crippen molar-refractivity contribution in [2.45, 2.75) is 12.3 Å². The van der Waals surface area contributed by atoms with Gasteiger partial charge in [0.2, 0.25) is 0 Å². The Morgan fingerprint density at radius 2 is 1.27 bits per heavy atom. The Morgan fingerprint density at radius 1 is 0.654 bits per heavy atom. The van der Waals surface area contributed by atoms with Crippen molar-refractivity contribution in [1.82, 2.24) is 9.97 Å². The predicted octanol–water partition coefficient (Wildman–Crippen LogP) is 5.13. The number of fused-ring (bicyclic) bond motifs is 10. The first-order chi connectivity index (χ1) is 12.8. The maximum absolute atomic E-state index is 4.80. The molecular weight excluding hydrogens is 316 g/mol. The lowest BCUT2D eigenvalue weighted by atomic mass is 9.71. The number of aryl methyl sites for hydroxylation is 1. The first-order valence-corrected chi connectivity index (χ1v) is 8.94. The Balaban J connectivity index is 1.88. The van der Waals surface area contributed by atoms with Gasteiger partial charge >= 0.3 is 0 Å². The molecule has 122 valence electrons. The quantitative estimate of drug-likeness (QED) is 0.385. The van der Waals surface area contributed by atoms with E-state index in [1.807, 2.05) is 18.5 Å². The van der Waals surface area contributed by atoms with Crippen LogP contribution in [-0.2, 0) is 5.41 Å². The second-order valence-corrected chi connectivity index (χ2v) is 7.15. The molecule has 0 saturated carbocycles. The number of aromatic nitrogens is 2. The highest BCUT2D eigenvalue weighted by molar-refractivity contribution is 5.92. The zero-order valence-corrected chi connectivity index (χ0v) is 14.4. The molecular formula is C24H16N2. The van der Waals surface area contributed by atoms with Crippen molar-refractivity contribution in [2.75, 3.05) is 0 Å². The summed E-state index contributed by atoms with van der Waals surface area (Å²) in [5.74, 6) is 0. The standard InChI is InChI=1S/C24H16N2/c1-15-13-21-23(26-14-15)22-20(11-6-12-25-22)24(21)18-9-4-2-7-16(18)17-8-3-5-10-19(17)24/h2-14H,1H3. The van der Waals surface area contributed by atoms with E-state index in [4.69, 9.17) is 9.97 Å². The summed E-state index contributed by atoms with van der Waals surface area (Å²) in [6.45, 7) is 2.12. The molecule has 2 aromatic heterocycles. The zero-order valence-electron chi connectivity index (χ0n) is 14.4. The SMILES string of the molecule is Cc1cnc2c(c1)C1(c3ccccc3-c3ccccc31)c1cccnc1-2. The molecule has 2 heterocycles. The van der Waals surface area contributed by atoms with Gasteiger partial charge in [-0.25, -0.2) is 0 Å². The minimum atomic E-state index is -0.314. The zero-order chi connectivity index (χ0) is 17.3. The maximum atomic E-state index is 4.80. The van der Waals surface area contributed by atoms with E-state index in [9.17, 15) is 0 Å². The Labute approximate surface area is 152 Å². The molecule has 0 bridgehead atoms. The molecule has 0 atom stereocenters. The Bertz CT molecular complexity index is 1140. The molecule has 0 amide bonds. The van der Waals surface area contributed by atoms with Crippen molar-refractivity contribution in [3.8, 4) is 22.5 Å². The Morgan fingerprint density at radius 3 is 2.00 bits per heavy atom. The van der Waals surface area contributed by atoms with Crippen LogP contribution >= 0.6 is 0 Å². The fourth-order valence-electron chi connectivity index (χ4n) is 4.90. The molecule has 26 heavy (non-hydrogen) atoms. The van der Waals surface area contributed by atoms with Crippen LogP contribution in [-0.4, -0.2) is 9.97 Å². The summed E-state index contributed by atoms with van der Waals surface area (Å²) in [6.07, 6.45) is 3.82. The van der Waals surface area contributed by atoms with Crippen molar-refractivity contribution in [2.24, 2.45) is 0 Å². The monoisotopic (exact) mass is 332 g/mol. The molecule has 6 rings (SSSR count). The van der Waals surface area contributed by atoms with E-state index in [2.05, 4.69) is 67.6 Å². The molecule has 0 fully saturated rings. The van der Waals surface area contributed by atoms with Crippen LogP contribution in [0.5, 0.6) is 0 Å². The second-order valence-electron chi connectivity index (χ2n) is 7.15. The molecule has 1 spiro atoms. The molecule has 0 N–H and O–H groups in total. The number of rotatable bonds is 0. The summed E-state index contributed by atoms with van der Waals surface area (Å²) in [5.41, 5.74) is 10.7. The summed E-state index contributed by atoms with van der Waals surface area (Å²) in [4.78, 5) is 9.54. The van der Waals surface area contributed by atoms with Gasteiger partial charge in [0.15, 0.2) is 0 Å². The molecule has 2 nitrogen and oxygen atoms in total. The van der Waals surface area contributed by atoms with Gasteiger partial charge in [-0.15, -0.1) is 0 Å². The van der Waals surface area contributed by atoms with Crippen LogP contribution in [0.4, 0.5) is 0 Å². The average molecular weight is 332 g/mol. The fraction of sp³-hybridized carbons (Fsp3) is 0.0833. The van der Waals surface area contributed by atoms with E-state index >= 15 is 0 Å². The summed E-state index contributed by atoms with van der Waals surface area (Å²) < 4.78 is 0. The summed E-state index contributed by atoms with van der Waals surface area (Å²) in [5, 5.41) is 0. The molecule has 0 aliphatic heterocycles. The second kappa shape index (κ2) is 4.67. The van der Waals surface area contributed by atoms with Gasteiger partial charge in [0, 0.05) is 12.4 Å². The highest BCUT2D eigenvalue weighted by atomic mass is 14.8. The fourth-order valence-corrected chi connectivity index (χ4v) is 4.90. The Hall–Kier alpha value is -3.26. The lowest BCUT2D eigenvalue weighted by Crippen LogP contribution is -2.26. The number of benzene rings is 2. The van der Waals surface area contributed by atoms with E-state index in [1.165, 1.54) is 38.9 Å². The lowest BCUT2D eigenvalue weighted by Gasteiger charge is -2.29. The first kappa shape index (κ1) is 14.0. The molecule has 2 aliphatic rings. The van der Waals surface area contributed by atoms with Gasteiger partial charge < -0.3 is 0 Å². The molecule has 4 aromatic rings. The van der Waals surface area contributed by atoms with E-state index in [1.54, 1.807) is 0 Å². The van der Waals surface area contributed by atoms with Crippen molar-refractivity contribution in [1.29, 1.82) is 0 Å². The third-order valence-electron chi connectivity index (χ3n) is 5.82. The first-order valence-electron chi connectivity index (χ1n) is 8.94. The smallest absolute Gasteiger partial charge is 0.0937 e. The molecule has 2 aromatic carbocycles. The van der Waals surface area contributed by atoms with Gasteiger partial charge in [0.1, 0.15) is 0 Å². The van der Waals surface area contributed by atoms with Gasteiger partial charge in [-0.2, -0.15) is 0 Å². The van der Waals surface area contributed by atoms with Crippen LogP contribution in [0.15, 0.2) is 79.1 Å². The van der Waals surface area contributed by atoms with Crippen LogP contribution in [0.25, 0.3) is 22.5 Å². The lowest BCUT2D eigenvalue weighted by molar-refractivity contribution is 0.788. The van der Waals surface area contributed by atoms with E-state index in [-0.39, 0.29) is 5.41 Å². The van der Waals surface area contributed by atoms with Gasteiger partial charge in [-0.1, -0.05) is 60.7 Å². The van der Waals surface area contributed by atoms with Crippen molar-refractivity contribution < 1.29 is 0 Å². The van der Waals surface area contributed by atoms with Crippen LogP contribution in [0, 0.1) is 6.92 Å². The van der Waals surface area contributed by atoms with Crippen LogP contribution in [0.1, 0.15) is 27.8 Å². The van der Waals surface area contributed by atoms with Crippen LogP contribution < -0.4 is 0 Å². The highest BCUT2D eigenvalue weighted by Crippen LogP contribution is 2.61. The van der Waals surface area contributed by atoms with Crippen molar-refractivity contribution in [3.63, 3.8) is 0 Å². The summed E-state index contributed by atoms with van der Waals surface area (Å²) >= 11 is 0. The largest absolute Gasteiger partial charge is 0.254 e. The Kier molecular flexibility index (Phi) is 2.51. The molecule has 2 heteroatoms. The van der Waals surface area contributed by atoms with Crippen molar-refractivity contribution in [3.05, 3.63) is 107 Å². The van der Waals surface area contributed by atoms with Crippen LogP contribution in [0.2, 0.25) is 0 Å². The number of pyridine rings is 2. The number of hydrogen-bond acceptors (Lipinski definition) is 2. The highest BCUT2D eigenvalue weighted by Gasteiger charge is 2.52. The molecule has 0 radical (unpaired) electrons. The van der Waals surface area contributed by atoms with E-state index in [0.717, 1.165) is 11.4 Å². The minimum Gasteiger partial charge on any atom is -0.254 e. The van der Waals surface area contributed by atoms with Gasteiger partial charge in [-0.3, -0.25) is 9.97 Å². The third-order valence-corrected chi connectivity index (χ3v) is 5.82. The normalized spacial score (nSPS) is 14.7. The summed E-state index contributed by atoms with van der Waals surface area (Å²) in [6, 6.07) is 24.1. The van der Waals surface area contributed by atoms with E-state index < -0.39 is 0 Å². The van der Waals surface area contributed by atoms with Crippen molar-refractivity contribution >= 4 is 0 Å². The van der Waals surface area contributed by atoms with Crippen LogP contribution in [0.3, 0.4) is 0 Å². The number of nitrogens with zero attached hydrogens (tertiary/aromatic N) is 2. The molecule has 0 saturated heterocycles. The van der Waals surface area contributed by atoms with Gasteiger partial charge in [0.25, 0.3) is 0 Å². The third kappa shape index (κ3) is 1.45. The van der Waals surface area contributed by atoms with Gasteiger partial charge in [-0.05, 0) is 51.9 Å². The maximum Gasteiger partial charge on any atom is 0.0937 e. The molecule has 0 unspecified atom stereocenters.